The molecule has 2 unspecified atom stereocenters. The molecule has 0 aliphatic carbocycles. The average molecular weight is 240 g/mol. The summed E-state index contributed by atoms with van der Waals surface area (Å²) in [4.78, 5) is 14.4. The minimum atomic E-state index is -0.744. The lowest BCUT2D eigenvalue weighted by atomic mass is 9.97. The van der Waals surface area contributed by atoms with Gasteiger partial charge >= 0.3 is 0 Å². The molecule has 0 aromatic heterocycles. The third kappa shape index (κ3) is 2.80. The monoisotopic (exact) mass is 240 g/mol. The molecule has 2 heterocycles. The lowest BCUT2D eigenvalue weighted by Crippen LogP contribution is -2.56. The molecule has 1 amide bonds. The van der Waals surface area contributed by atoms with Crippen LogP contribution >= 0.6 is 0 Å². The van der Waals surface area contributed by atoms with Crippen molar-refractivity contribution in [3.63, 3.8) is 0 Å². The molecule has 2 aliphatic rings. The molecule has 98 valence electrons. The number of nitrogens with two attached hydrogens (primary N) is 1. The summed E-state index contributed by atoms with van der Waals surface area (Å²) in [6, 6.07) is 0. The quantitative estimate of drug-likeness (QED) is 0.787. The van der Waals surface area contributed by atoms with E-state index in [9.17, 15) is 4.79 Å². The molecule has 0 aromatic carbocycles. The van der Waals surface area contributed by atoms with Crippen LogP contribution in [0.3, 0.4) is 0 Å². The maximum atomic E-state index is 12.4. The van der Waals surface area contributed by atoms with E-state index in [0.29, 0.717) is 19.6 Å². The topological polar surface area (TPSA) is 55.6 Å². The van der Waals surface area contributed by atoms with Crippen molar-refractivity contribution in [2.75, 3.05) is 26.3 Å². The lowest BCUT2D eigenvalue weighted by molar-refractivity contribution is -0.137. The molecule has 2 rings (SSSR count). The largest absolute Gasteiger partial charge is 0.379 e. The Kier molecular flexibility index (Phi) is 4.05. The van der Waals surface area contributed by atoms with E-state index in [1.807, 2.05) is 4.90 Å². The first kappa shape index (κ1) is 12.8. The summed E-state index contributed by atoms with van der Waals surface area (Å²) in [6.07, 6.45) is 5.37. The molecule has 0 saturated carbocycles. The third-order valence-corrected chi connectivity index (χ3v) is 4.19. The minimum absolute atomic E-state index is 0.103. The first-order valence-corrected chi connectivity index (χ1v) is 6.82. The molecule has 2 saturated heterocycles. The zero-order chi connectivity index (χ0) is 12.3. The highest BCUT2D eigenvalue weighted by atomic mass is 16.5. The van der Waals surface area contributed by atoms with E-state index in [2.05, 4.69) is 6.92 Å². The van der Waals surface area contributed by atoms with Gasteiger partial charge in [-0.2, -0.15) is 0 Å². The van der Waals surface area contributed by atoms with Gasteiger partial charge in [0.1, 0.15) is 5.54 Å². The van der Waals surface area contributed by atoms with Gasteiger partial charge in [0.2, 0.25) is 5.91 Å². The SMILES string of the molecule is CCC1CCCN(C(=O)C2(N)CCOC2)CC1. The molecule has 0 radical (unpaired) electrons. The molecule has 2 fully saturated rings. The van der Waals surface area contributed by atoms with Crippen molar-refractivity contribution in [1.82, 2.24) is 4.90 Å². The van der Waals surface area contributed by atoms with Crippen LogP contribution in [-0.2, 0) is 9.53 Å². The van der Waals surface area contributed by atoms with Crippen molar-refractivity contribution in [2.45, 2.75) is 44.6 Å². The number of carbonyl (C=O) groups excluding carboxylic acids is 1. The fourth-order valence-corrected chi connectivity index (χ4v) is 2.84. The van der Waals surface area contributed by atoms with Gasteiger partial charge in [-0.15, -0.1) is 0 Å². The highest BCUT2D eigenvalue weighted by molar-refractivity contribution is 5.86. The summed E-state index contributed by atoms with van der Waals surface area (Å²) in [6.45, 7) is 4.98. The van der Waals surface area contributed by atoms with Crippen LogP contribution < -0.4 is 5.73 Å². The molecule has 4 heteroatoms. The fraction of sp³-hybridized carbons (Fsp3) is 0.923. The number of nitrogens with zero attached hydrogens (tertiary/aromatic N) is 1. The first-order chi connectivity index (χ1) is 8.15. The standard InChI is InChI=1S/C13H24N2O2/c1-2-11-4-3-7-15(8-5-11)12(16)13(14)6-9-17-10-13/h11H,2-10,14H2,1H3. The average Bonchev–Trinajstić information content (AvgIpc) is 2.66. The maximum Gasteiger partial charge on any atom is 0.245 e. The van der Waals surface area contributed by atoms with Crippen LogP contribution in [0.15, 0.2) is 0 Å². The zero-order valence-corrected chi connectivity index (χ0v) is 10.8. The van der Waals surface area contributed by atoms with Crippen LogP contribution in [0.5, 0.6) is 0 Å². The molecule has 2 aliphatic heterocycles. The van der Waals surface area contributed by atoms with Gasteiger partial charge in [0.15, 0.2) is 0 Å². The van der Waals surface area contributed by atoms with E-state index in [4.69, 9.17) is 10.5 Å². The van der Waals surface area contributed by atoms with Gasteiger partial charge in [-0.3, -0.25) is 4.79 Å². The van der Waals surface area contributed by atoms with Crippen molar-refractivity contribution in [2.24, 2.45) is 11.7 Å². The van der Waals surface area contributed by atoms with Crippen molar-refractivity contribution >= 4 is 5.91 Å². The number of likely N-dealkylation sites (tertiary alicyclic amines) is 1. The Labute approximate surface area is 103 Å². The number of hydrogen-bond acceptors (Lipinski definition) is 3. The summed E-state index contributed by atoms with van der Waals surface area (Å²) in [5, 5.41) is 0. The lowest BCUT2D eigenvalue weighted by Gasteiger charge is -2.29. The minimum Gasteiger partial charge on any atom is -0.379 e. The molecule has 4 nitrogen and oxygen atoms in total. The normalized spacial score (nSPS) is 34.7. The second-order valence-electron chi connectivity index (χ2n) is 5.46. The molecular formula is C13H24N2O2. The van der Waals surface area contributed by atoms with E-state index in [0.717, 1.165) is 31.8 Å². The number of hydrogen-bond donors (Lipinski definition) is 1. The van der Waals surface area contributed by atoms with Crippen LogP contribution in [0.25, 0.3) is 0 Å². The highest BCUT2D eigenvalue weighted by Gasteiger charge is 2.41. The molecule has 0 bridgehead atoms. The summed E-state index contributed by atoms with van der Waals surface area (Å²) in [5.74, 6) is 0.883. The number of carbonyl (C=O) groups is 1. The summed E-state index contributed by atoms with van der Waals surface area (Å²) in [7, 11) is 0. The third-order valence-electron chi connectivity index (χ3n) is 4.19. The van der Waals surface area contributed by atoms with Crippen LogP contribution in [0, 0.1) is 5.92 Å². The van der Waals surface area contributed by atoms with Crippen LogP contribution in [0.2, 0.25) is 0 Å². The van der Waals surface area contributed by atoms with E-state index in [1.54, 1.807) is 0 Å². The van der Waals surface area contributed by atoms with Gasteiger partial charge in [0, 0.05) is 19.7 Å². The summed E-state index contributed by atoms with van der Waals surface area (Å²) < 4.78 is 5.27. The molecule has 2 N–H and O–H groups in total. The smallest absolute Gasteiger partial charge is 0.245 e. The molecule has 2 atom stereocenters. The van der Waals surface area contributed by atoms with Crippen LogP contribution in [0.1, 0.15) is 39.0 Å². The van der Waals surface area contributed by atoms with E-state index < -0.39 is 5.54 Å². The Balaban J connectivity index is 1.95. The van der Waals surface area contributed by atoms with E-state index in [-0.39, 0.29) is 5.91 Å². The van der Waals surface area contributed by atoms with Gasteiger partial charge in [0.05, 0.1) is 6.61 Å². The van der Waals surface area contributed by atoms with Gasteiger partial charge in [-0.1, -0.05) is 13.3 Å². The Bertz CT molecular complexity index is 275. The summed E-state index contributed by atoms with van der Waals surface area (Å²) >= 11 is 0. The maximum absolute atomic E-state index is 12.4. The molecular weight excluding hydrogens is 216 g/mol. The fourth-order valence-electron chi connectivity index (χ4n) is 2.84. The molecule has 0 spiro atoms. The molecule has 17 heavy (non-hydrogen) atoms. The highest BCUT2D eigenvalue weighted by Crippen LogP contribution is 2.24. The Morgan fingerprint density at radius 1 is 1.47 bits per heavy atom. The van der Waals surface area contributed by atoms with Gasteiger partial charge in [0.25, 0.3) is 0 Å². The van der Waals surface area contributed by atoms with Crippen molar-refractivity contribution in [3.05, 3.63) is 0 Å². The zero-order valence-electron chi connectivity index (χ0n) is 10.8. The Morgan fingerprint density at radius 2 is 2.29 bits per heavy atom. The summed E-state index contributed by atoms with van der Waals surface area (Å²) in [5.41, 5.74) is 5.39. The Hall–Kier alpha value is -0.610. The van der Waals surface area contributed by atoms with Crippen LogP contribution in [0.4, 0.5) is 0 Å². The van der Waals surface area contributed by atoms with E-state index >= 15 is 0 Å². The Morgan fingerprint density at radius 3 is 2.94 bits per heavy atom. The van der Waals surface area contributed by atoms with E-state index in [1.165, 1.54) is 12.8 Å². The first-order valence-electron chi connectivity index (χ1n) is 6.82. The van der Waals surface area contributed by atoms with Crippen LogP contribution in [-0.4, -0.2) is 42.6 Å². The second-order valence-corrected chi connectivity index (χ2v) is 5.46. The number of amides is 1. The van der Waals surface area contributed by atoms with Crippen molar-refractivity contribution in [1.29, 1.82) is 0 Å². The number of ether oxygens (including phenoxy) is 1. The predicted molar refractivity (Wildman–Crippen MR) is 66.6 cm³/mol. The second kappa shape index (κ2) is 5.36. The molecule has 0 aromatic rings. The van der Waals surface area contributed by atoms with Gasteiger partial charge < -0.3 is 15.4 Å². The number of rotatable bonds is 2. The van der Waals surface area contributed by atoms with Gasteiger partial charge in [-0.25, -0.2) is 0 Å². The van der Waals surface area contributed by atoms with Crippen molar-refractivity contribution in [3.8, 4) is 0 Å². The predicted octanol–water partition coefficient (Wildman–Crippen LogP) is 1.14. The van der Waals surface area contributed by atoms with Crippen molar-refractivity contribution < 1.29 is 9.53 Å². The van der Waals surface area contributed by atoms with Gasteiger partial charge in [-0.05, 0) is 31.6 Å².